The maximum absolute atomic E-state index is 12.2. The lowest BCUT2D eigenvalue weighted by Crippen LogP contribution is -2.31. The van der Waals surface area contributed by atoms with E-state index in [0.29, 0.717) is 10.9 Å². The number of para-hydroxylation sites is 2. The van der Waals surface area contributed by atoms with Crippen LogP contribution in [0.5, 0.6) is 0 Å². The number of amides is 1. The Kier molecular flexibility index (Phi) is 3.81. The highest BCUT2D eigenvalue weighted by atomic mass is 32.2. The Bertz CT molecular complexity index is 799. The van der Waals surface area contributed by atoms with Crippen LogP contribution in [-0.2, 0) is 9.59 Å². The second-order valence-electron chi connectivity index (χ2n) is 5.00. The van der Waals surface area contributed by atoms with Crippen LogP contribution in [0.25, 0.3) is 0 Å². The van der Waals surface area contributed by atoms with Gasteiger partial charge in [-0.3, -0.25) is 14.5 Å². The van der Waals surface area contributed by atoms with Crippen LogP contribution in [0, 0.1) is 13.8 Å². The molecule has 0 saturated carbocycles. The average Bonchev–Trinajstić information content (AvgIpc) is 2.77. The summed E-state index contributed by atoms with van der Waals surface area (Å²) in [6, 6.07) is 15.1. The van der Waals surface area contributed by atoms with Crippen molar-refractivity contribution in [2.75, 3.05) is 4.90 Å². The molecule has 1 aliphatic heterocycles. The van der Waals surface area contributed by atoms with Crippen molar-refractivity contribution in [1.82, 2.24) is 0 Å². The molecule has 1 amide bonds. The van der Waals surface area contributed by atoms with Gasteiger partial charge in [0, 0.05) is 0 Å². The third kappa shape index (κ3) is 2.55. The molecule has 22 heavy (non-hydrogen) atoms. The summed E-state index contributed by atoms with van der Waals surface area (Å²) in [7, 11) is 0. The zero-order valence-electron chi connectivity index (χ0n) is 12.2. The van der Waals surface area contributed by atoms with Gasteiger partial charge in [0.1, 0.15) is 0 Å². The van der Waals surface area contributed by atoms with Crippen molar-refractivity contribution in [3.05, 3.63) is 59.7 Å². The van der Waals surface area contributed by atoms with Crippen LogP contribution in [0.4, 0.5) is 11.4 Å². The molecular weight excluding hydrogens is 296 g/mol. The fourth-order valence-corrected chi connectivity index (χ4v) is 3.00. The first kappa shape index (κ1) is 14.5. The Morgan fingerprint density at radius 3 is 2.23 bits per heavy atom. The van der Waals surface area contributed by atoms with Gasteiger partial charge in [-0.15, -0.1) is 0 Å². The molecule has 0 aromatic heterocycles. The molecule has 3 rings (SSSR count). The summed E-state index contributed by atoms with van der Waals surface area (Å²) < 4.78 is 0. The molecule has 1 saturated heterocycles. The van der Waals surface area contributed by atoms with Gasteiger partial charge >= 0.3 is 5.91 Å². The van der Waals surface area contributed by atoms with Crippen molar-refractivity contribution in [1.29, 1.82) is 0 Å². The van der Waals surface area contributed by atoms with E-state index in [-0.39, 0.29) is 0 Å². The lowest BCUT2D eigenvalue weighted by molar-refractivity contribution is -0.130. The van der Waals surface area contributed by atoms with Gasteiger partial charge in [0.05, 0.1) is 11.4 Å². The SMILES string of the molecule is Cc1ccccc1N=C1SC(=O)C(=O)N1c1ccccc1C. The number of carbonyl (C=O) groups excluding carboxylic acids is 2. The summed E-state index contributed by atoms with van der Waals surface area (Å²) >= 11 is 0.876. The van der Waals surface area contributed by atoms with Crippen LogP contribution in [0.2, 0.25) is 0 Å². The van der Waals surface area contributed by atoms with Crippen molar-refractivity contribution < 1.29 is 9.59 Å². The predicted octanol–water partition coefficient (Wildman–Crippen LogP) is 3.60. The zero-order chi connectivity index (χ0) is 15.7. The zero-order valence-corrected chi connectivity index (χ0v) is 13.1. The molecule has 1 aliphatic rings. The van der Waals surface area contributed by atoms with Gasteiger partial charge < -0.3 is 0 Å². The number of anilines is 1. The van der Waals surface area contributed by atoms with E-state index >= 15 is 0 Å². The highest BCUT2D eigenvalue weighted by molar-refractivity contribution is 8.29. The molecule has 0 bridgehead atoms. The summed E-state index contributed by atoms with van der Waals surface area (Å²) in [5, 5.41) is -0.103. The van der Waals surface area contributed by atoms with Crippen molar-refractivity contribution in [3.8, 4) is 0 Å². The number of benzene rings is 2. The average molecular weight is 310 g/mol. The van der Waals surface area contributed by atoms with E-state index < -0.39 is 11.0 Å². The van der Waals surface area contributed by atoms with Crippen molar-refractivity contribution in [3.63, 3.8) is 0 Å². The smallest absolute Gasteiger partial charge is 0.275 e. The van der Waals surface area contributed by atoms with Crippen LogP contribution < -0.4 is 4.90 Å². The third-order valence-electron chi connectivity index (χ3n) is 3.44. The summed E-state index contributed by atoms with van der Waals surface area (Å²) in [6.45, 7) is 3.85. The molecule has 0 radical (unpaired) electrons. The predicted molar refractivity (Wildman–Crippen MR) is 89.5 cm³/mol. The summed E-state index contributed by atoms with van der Waals surface area (Å²) in [4.78, 5) is 30.0. The van der Waals surface area contributed by atoms with Crippen LogP contribution >= 0.6 is 11.8 Å². The fourth-order valence-electron chi connectivity index (χ4n) is 2.24. The van der Waals surface area contributed by atoms with Gasteiger partial charge in [-0.25, -0.2) is 4.99 Å². The molecular formula is C17H14N2O2S. The fraction of sp³-hybridized carbons (Fsp3) is 0.118. The lowest BCUT2D eigenvalue weighted by atomic mass is 10.2. The van der Waals surface area contributed by atoms with Crippen molar-refractivity contribution in [2.45, 2.75) is 13.8 Å². The highest BCUT2D eigenvalue weighted by Crippen LogP contribution is 2.32. The minimum Gasteiger partial charge on any atom is -0.275 e. The van der Waals surface area contributed by atoms with Gasteiger partial charge in [-0.2, -0.15) is 0 Å². The number of aliphatic imine (C=N–C) groups is 1. The first-order valence-electron chi connectivity index (χ1n) is 6.84. The standard InChI is InChI=1S/C17H14N2O2S/c1-11-7-3-5-9-13(11)18-17-19(15(20)16(21)22-17)14-10-6-4-8-12(14)2/h3-10H,1-2H3. The third-order valence-corrected chi connectivity index (χ3v) is 4.26. The number of carbonyl (C=O) groups is 2. The number of hydrogen-bond acceptors (Lipinski definition) is 4. The van der Waals surface area contributed by atoms with E-state index in [1.807, 2.05) is 62.4 Å². The molecule has 2 aromatic carbocycles. The highest BCUT2D eigenvalue weighted by Gasteiger charge is 2.38. The second kappa shape index (κ2) is 5.77. The van der Waals surface area contributed by atoms with E-state index in [4.69, 9.17) is 0 Å². The van der Waals surface area contributed by atoms with E-state index in [1.54, 1.807) is 0 Å². The first-order valence-corrected chi connectivity index (χ1v) is 7.66. The van der Waals surface area contributed by atoms with Gasteiger partial charge in [0.2, 0.25) is 0 Å². The molecule has 4 nitrogen and oxygen atoms in total. The van der Waals surface area contributed by atoms with Crippen LogP contribution in [-0.4, -0.2) is 16.2 Å². The normalized spacial score (nSPS) is 16.6. The van der Waals surface area contributed by atoms with E-state index in [1.165, 1.54) is 4.90 Å². The maximum Gasteiger partial charge on any atom is 0.312 e. The molecule has 110 valence electrons. The van der Waals surface area contributed by atoms with E-state index in [0.717, 1.165) is 28.6 Å². The minimum absolute atomic E-state index is 0.401. The van der Waals surface area contributed by atoms with Crippen molar-refractivity contribution >= 4 is 39.3 Å². The monoisotopic (exact) mass is 310 g/mol. The topological polar surface area (TPSA) is 49.7 Å². The summed E-state index contributed by atoms with van der Waals surface area (Å²) in [6.07, 6.45) is 0. The molecule has 0 atom stereocenters. The number of amidine groups is 1. The van der Waals surface area contributed by atoms with Gasteiger partial charge in [0.15, 0.2) is 5.17 Å². The number of thioether (sulfide) groups is 1. The Balaban J connectivity index is 2.10. The summed E-state index contributed by atoms with van der Waals surface area (Å²) in [5.74, 6) is -0.549. The largest absolute Gasteiger partial charge is 0.312 e. The number of nitrogens with zero attached hydrogens (tertiary/aromatic N) is 2. The Hall–Kier alpha value is -2.40. The molecule has 0 N–H and O–H groups in total. The molecule has 2 aromatic rings. The van der Waals surface area contributed by atoms with Crippen LogP contribution in [0.1, 0.15) is 11.1 Å². The Labute approximate surface area is 132 Å². The van der Waals surface area contributed by atoms with Crippen LogP contribution in [0.15, 0.2) is 53.5 Å². The molecule has 5 heteroatoms. The lowest BCUT2D eigenvalue weighted by Gasteiger charge is -2.17. The molecule has 1 fully saturated rings. The quantitative estimate of drug-likeness (QED) is 0.796. The maximum atomic E-state index is 12.2. The number of hydrogen-bond donors (Lipinski definition) is 0. The number of rotatable bonds is 2. The minimum atomic E-state index is -0.549. The van der Waals surface area contributed by atoms with E-state index in [2.05, 4.69) is 4.99 Å². The first-order chi connectivity index (χ1) is 10.6. The second-order valence-corrected chi connectivity index (χ2v) is 5.94. The van der Waals surface area contributed by atoms with Crippen LogP contribution in [0.3, 0.4) is 0 Å². The molecule has 0 unspecified atom stereocenters. The Morgan fingerprint density at radius 2 is 1.55 bits per heavy atom. The summed E-state index contributed by atoms with van der Waals surface area (Å²) in [5.41, 5.74) is 3.36. The Morgan fingerprint density at radius 1 is 0.909 bits per heavy atom. The molecule has 1 heterocycles. The van der Waals surface area contributed by atoms with Gasteiger partial charge in [-0.05, 0) is 48.9 Å². The molecule has 0 aliphatic carbocycles. The van der Waals surface area contributed by atoms with Gasteiger partial charge in [0.25, 0.3) is 5.12 Å². The number of aryl methyl sites for hydroxylation is 2. The van der Waals surface area contributed by atoms with Gasteiger partial charge in [-0.1, -0.05) is 36.4 Å². The van der Waals surface area contributed by atoms with Crippen molar-refractivity contribution in [2.24, 2.45) is 4.99 Å². The molecule has 0 spiro atoms. The van der Waals surface area contributed by atoms with E-state index in [9.17, 15) is 9.59 Å².